The van der Waals surface area contributed by atoms with Gasteiger partial charge in [-0.15, -0.1) is 0 Å². The summed E-state index contributed by atoms with van der Waals surface area (Å²) in [5, 5.41) is 0. The summed E-state index contributed by atoms with van der Waals surface area (Å²) in [5.41, 5.74) is 7.97. The SMILES string of the molecule is Nc1nc(-c2ccccc2)cn1C1CCCCO1. The van der Waals surface area contributed by atoms with Crippen molar-refractivity contribution >= 4 is 5.95 Å². The number of hydrogen-bond donors (Lipinski definition) is 1. The Labute approximate surface area is 106 Å². The summed E-state index contributed by atoms with van der Waals surface area (Å²) in [6.45, 7) is 0.808. The van der Waals surface area contributed by atoms with Crippen LogP contribution in [0.3, 0.4) is 0 Å². The summed E-state index contributed by atoms with van der Waals surface area (Å²) in [6.07, 6.45) is 5.36. The Morgan fingerprint density at radius 1 is 1.22 bits per heavy atom. The van der Waals surface area contributed by atoms with Gasteiger partial charge < -0.3 is 10.5 Å². The second-order valence-electron chi connectivity index (χ2n) is 4.58. The van der Waals surface area contributed by atoms with Gasteiger partial charge in [-0.1, -0.05) is 30.3 Å². The number of anilines is 1. The highest BCUT2D eigenvalue weighted by atomic mass is 16.5. The van der Waals surface area contributed by atoms with Crippen molar-refractivity contribution in [3.63, 3.8) is 0 Å². The minimum atomic E-state index is 0.0451. The maximum absolute atomic E-state index is 5.98. The first kappa shape index (κ1) is 11.3. The molecule has 2 aromatic rings. The zero-order valence-electron chi connectivity index (χ0n) is 10.2. The predicted octanol–water partition coefficient (Wildman–Crippen LogP) is 2.83. The third-order valence-electron chi connectivity index (χ3n) is 3.30. The number of ether oxygens (including phenoxy) is 1. The second kappa shape index (κ2) is 4.82. The molecule has 0 radical (unpaired) electrons. The maximum atomic E-state index is 5.98. The Morgan fingerprint density at radius 2 is 2.06 bits per heavy atom. The Balaban J connectivity index is 1.91. The van der Waals surface area contributed by atoms with E-state index in [2.05, 4.69) is 4.98 Å². The van der Waals surface area contributed by atoms with Crippen molar-refractivity contribution < 1.29 is 4.74 Å². The van der Waals surface area contributed by atoms with Crippen molar-refractivity contribution in [3.05, 3.63) is 36.5 Å². The smallest absolute Gasteiger partial charge is 0.202 e. The molecule has 1 fully saturated rings. The number of nitrogens with zero attached hydrogens (tertiary/aromatic N) is 2. The summed E-state index contributed by atoms with van der Waals surface area (Å²) >= 11 is 0. The van der Waals surface area contributed by atoms with E-state index in [0.717, 1.165) is 30.7 Å². The molecule has 1 aliphatic heterocycles. The molecule has 2 heterocycles. The molecule has 1 saturated heterocycles. The molecule has 94 valence electrons. The average molecular weight is 243 g/mol. The van der Waals surface area contributed by atoms with Crippen LogP contribution in [-0.4, -0.2) is 16.2 Å². The molecule has 0 amide bonds. The quantitative estimate of drug-likeness (QED) is 0.882. The van der Waals surface area contributed by atoms with E-state index in [0.29, 0.717) is 5.95 Å². The highest BCUT2D eigenvalue weighted by Gasteiger charge is 2.19. The van der Waals surface area contributed by atoms with E-state index in [-0.39, 0.29) is 6.23 Å². The number of benzene rings is 1. The van der Waals surface area contributed by atoms with Crippen molar-refractivity contribution in [2.75, 3.05) is 12.3 Å². The Bertz CT molecular complexity index is 515. The Morgan fingerprint density at radius 3 is 2.78 bits per heavy atom. The number of aromatic nitrogens is 2. The molecule has 0 bridgehead atoms. The van der Waals surface area contributed by atoms with Crippen LogP contribution in [0.4, 0.5) is 5.95 Å². The molecule has 1 aromatic carbocycles. The van der Waals surface area contributed by atoms with Gasteiger partial charge >= 0.3 is 0 Å². The lowest BCUT2D eigenvalue weighted by Gasteiger charge is -2.24. The maximum Gasteiger partial charge on any atom is 0.202 e. The van der Waals surface area contributed by atoms with Gasteiger partial charge in [-0.05, 0) is 19.3 Å². The first-order valence-corrected chi connectivity index (χ1v) is 6.36. The fourth-order valence-corrected chi connectivity index (χ4v) is 2.33. The van der Waals surface area contributed by atoms with Crippen LogP contribution in [0.15, 0.2) is 36.5 Å². The van der Waals surface area contributed by atoms with Crippen LogP contribution in [0.2, 0.25) is 0 Å². The van der Waals surface area contributed by atoms with Gasteiger partial charge in [-0.2, -0.15) is 0 Å². The van der Waals surface area contributed by atoms with Crippen molar-refractivity contribution in [3.8, 4) is 11.3 Å². The summed E-state index contributed by atoms with van der Waals surface area (Å²) in [6, 6.07) is 10.1. The minimum absolute atomic E-state index is 0.0451. The van der Waals surface area contributed by atoms with Gasteiger partial charge in [0.15, 0.2) is 0 Å². The molecule has 2 N–H and O–H groups in total. The van der Waals surface area contributed by atoms with Gasteiger partial charge in [-0.25, -0.2) is 4.98 Å². The third-order valence-corrected chi connectivity index (χ3v) is 3.30. The number of rotatable bonds is 2. The average Bonchev–Trinajstić information content (AvgIpc) is 2.83. The third kappa shape index (κ3) is 2.11. The predicted molar refractivity (Wildman–Crippen MR) is 70.9 cm³/mol. The van der Waals surface area contributed by atoms with E-state index in [1.165, 1.54) is 6.42 Å². The molecule has 0 spiro atoms. The molecule has 1 unspecified atom stereocenters. The molecular formula is C14H17N3O. The van der Waals surface area contributed by atoms with Crippen molar-refractivity contribution in [2.24, 2.45) is 0 Å². The highest BCUT2D eigenvalue weighted by Crippen LogP contribution is 2.28. The van der Waals surface area contributed by atoms with E-state index in [9.17, 15) is 0 Å². The van der Waals surface area contributed by atoms with Gasteiger partial charge in [0.1, 0.15) is 6.23 Å². The standard InChI is InChI=1S/C14H17N3O/c15-14-16-12(11-6-2-1-3-7-11)10-17(14)13-8-4-5-9-18-13/h1-3,6-7,10,13H,4-5,8-9H2,(H2,15,16). The number of imidazole rings is 1. The molecule has 0 saturated carbocycles. The first-order chi connectivity index (χ1) is 8.84. The summed E-state index contributed by atoms with van der Waals surface area (Å²) in [7, 11) is 0. The molecule has 4 nitrogen and oxygen atoms in total. The lowest BCUT2D eigenvalue weighted by molar-refractivity contribution is -0.0305. The van der Waals surface area contributed by atoms with E-state index in [4.69, 9.17) is 10.5 Å². The lowest BCUT2D eigenvalue weighted by Crippen LogP contribution is -2.18. The number of nitrogens with two attached hydrogens (primary N) is 1. The Kier molecular flexibility index (Phi) is 3.02. The van der Waals surface area contributed by atoms with Crippen LogP contribution >= 0.6 is 0 Å². The van der Waals surface area contributed by atoms with Crippen LogP contribution in [0.1, 0.15) is 25.5 Å². The topological polar surface area (TPSA) is 53.1 Å². The van der Waals surface area contributed by atoms with Crippen LogP contribution in [0.5, 0.6) is 0 Å². The van der Waals surface area contributed by atoms with E-state index >= 15 is 0 Å². The Hall–Kier alpha value is -1.81. The fraction of sp³-hybridized carbons (Fsp3) is 0.357. The zero-order chi connectivity index (χ0) is 12.4. The normalized spacial score (nSPS) is 19.9. The number of hydrogen-bond acceptors (Lipinski definition) is 3. The van der Waals surface area contributed by atoms with Gasteiger partial charge in [0, 0.05) is 18.4 Å². The van der Waals surface area contributed by atoms with Gasteiger partial charge in [0.2, 0.25) is 5.95 Å². The molecule has 1 aromatic heterocycles. The van der Waals surface area contributed by atoms with Crippen LogP contribution in [0, 0.1) is 0 Å². The monoisotopic (exact) mass is 243 g/mol. The zero-order valence-corrected chi connectivity index (χ0v) is 10.2. The molecule has 4 heteroatoms. The van der Waals surface area contributed by atoms with Crippen molar-refractivity contribution in [1.82, 2.24) is 9.55 Å². The first-order valence-electron chi connectivity index (χ1n) is 6.36. The minimum Gasteiger partial charge on any atom is -0.369 e. The van der Waals surface area contributed by atoms with Gasteiger partial charge in [0.05, 0.1) is 5.69 Å². The highest BCUT2D eigenvalue weighted by molar-refractivity contribution is 5.60. The van der Waals surface area contributed by atoms with Crippen molar-refractivity contribution in [2.45, 2.75) is 25.5 Å². The number of nitrogen functional groups attached to an aromatic ring is 1. The largest absolute Gasteiger partial charge is 0.369 e. The van der Waals surface area contributed by atoms with Gasteiger partial charge in [-0.3, -0.25) is 4.57 Å². The van der Waals surface area contributed by atoms with E-state index in [1.54, 1.807) is 0 Å². The molecule has 1 aliphatic rings. The molecule has 1 atom stereocenters. The van der Waals surface area contributed by atoms with E-state index in [1.807, 2.05) is 41.1 Å². The fourth-order valence-electron chi connectivity index (χ4n) is 2.33. The summed E-state index contributed by atoms with van der Waals surface area (Å²) < 4.78 is 7.68. The lowest BCUT2D eigenvalue weighted by atomic mass is 10.1. The molecular weight excluding hydrogens is 226 g/mol. The molecule has 0 aliphatic carbocycles. The molecule has 18 heavy (non-hydrogen) atoms. The summed E-state index contributed by atoms with van der Waals surface area (Å²) in [5.74, 6) is 0.528. The van der Waals surface area contributed by atoms with Crippen molar-refractivity contribution in [1.29, 1.82) is 0 Å². The molecule has 3 rings (SSSR count). The van der Waals surface area contributed by atoms with Crippen LogP contribution < -0.4 is 5.73 Å². The second-order valence-corrected chi connectivity index (χ2v) is 4.58. The van der Waals surface area contributed by atoms with E-state index < -0.39 is 0 Å². The van der Waals surface area contributed by atoms with Gasteiger partial charge in [0.25, 0.3) is 0 Å². The van der Waals surface area contributed by atoms with Crippen LogP contribution in [-0.2, 0) is 4.74 Å². The van der Waals surface area contributed by atoms with Crippen LogP contribution in [0.25, 0.3) is 11.3 Å². The summed E-state index contributed by atoms with van der Waals surface area (Å²) in [4.78, 5) is 4.42.